The molecule has 2 rings (SSSR count). The number of carbonyl (C=O) groups excluding carboxylic acids is 1. The average Bonchev–Trinajstić information content (AvgIpc) is 2.86. The minimum absolute atomic E-state index is 0.0898. The van der Waals surface area contributed by atoms with Crippen LogP contribution in [0.4, 0.5) is 0 Å². The summed E-state index contributed by atoms with van der Waals surface area (Å²) in [7, 11) is 3.76. The van der Waals surface area contributed by atoms with Gasteiger partial charge in [0.15, 0.2) is 0 Å². The molecule has 2 aromatic rings. The molecule has 5 nitrogen and oxygen atoms in total. The summed E-state index contributed by atoms with van der Waals surface area (Å²) < 4.78 is 3.69. The van der Waals surface area contributed by atoms with Gasteiger partial charge >= 0.3 is 0 Å². The second-order valence-electron chi connectivity index (χ2n) is 4.10. The van der Waals surface area contributed by atoms with Crippen LogP contribution in [0.2, 0.25) is 0 Å². The monoisotopic (exact) mass is 232 g/mol. The van der Waals surface area contributed by atoms with Gasteiger partial charge < -0.3 is 14.5 Å². The highest BCUT2D eigenvalue weighted by molar-refractivity contribution is 5.92. The Labute approximate surface area is 100 Å². The Hall–Kier alpha value is -2.04. The maximum atomic E-state index is 12.0. The Morgan fingerprint density at radius 1 is 1.35 bits per heavy atom. The summed E-state index contributed by atoms with van der Waals surface area (Å²) in [6.45, 7) is 1.92. The van der Waals surface area contributed by atoms with Crippen LogP contribution in [0.3, 0.4) is 0 Å². The van der Waals surface area contributed by atoms with Crippen molar-refractivity contribution in [1.29, 1.82) is 0 Å². The van der Waals surface area contributed by atoms with Crippen LogP contribution in [-0.4, -0.2) is 20.0 Å². The topological polar surface area (TPSA) is 51.9 Å². The van der Waals surface area contributed by atoms with Gasteiger partial charge in [-0.2, -0.15) is 0 Å². The Morgan fingerprint density at radius 2 is 2.12 bits per heavy atom. The van der Waals surface area contributed by atoms with E-state index in [4.69, 9.17) is 0 Å². The van der Waals surface area contributed by atoms with Crippen molar-refractivity contribution < 1.29 is 4.79 Å². The first-order valence-electron chi connectivity index (χ1n) is 5.49. The van der Waals surface area contributed by atoms with E-state index in [1.54, 1.807) is 16.8 Å². The van der Waals surface area contributed by atoms with E-state index >= 15 is 0 Å². The highest BCUT2D eigenvalue weighted by atomic mass is 16.2. The average molecular weight is 232 g/mol. The fourth-order valence-corrected chi connectivity index (χ4v) is 1.83. The predicted octanol–water partition coefficient (Wildman–Crippen LogP) is 1.25. The Bertz CT molecular complexity index is 526. The number of hydrogen-bond donors (Lipinski definition) is 1. The summed E-state index contributed by atoms with van der Waals surface area (Å²) in [6.07, 6.45) is 5.43. The molecule has 0 bridgehead atoms. The third-order valence-corrected chi connectivity index (χ3v) is 2.77. The van der Waals surface area contributed by atoms with Crippen molar-refractivity contribution in [2.75, 3.05) is 0 Å². The number of hydrogen-bond acceptors (Lipinski definition) is 2. The molecule has 1 amide bonds. The van der Waals surface area contributed by atoms with E-state index in [1.165, 1.54) is 0 Å². The van der Waals surface area contributed by atoms with E-state index in [0.717, 1.165) is 5.82 Å². The number of rotatable bonds is 3. The zero-order valence-corrected chi connectivity index (χ0v) is 10.2. The molecular formula is C12H16N4O. The molecule has 1 unspecified atom stereocenters. The third kappa shape index (κ3) is 2.22. The molecule has 1 atom stereocenters. The van der Waals surface area contributed by atoms with Crippen molar-refractivity contribution in [2.45, 2.75) is 13.0 Å². The first kappa shape index (κ1) is 11.4. The summed E-state index contributed by atoms with van der Waals surface area (Å²) in [6, 6.07) is 3.53. The molecule has 0 aliphatic rings. The minimum atomic E-state index is -0.114. The van der Waals surface area contributed by atoms with E-state index in [9.17, 15) is 4.79 Å². The molecule has 0 aliphatic heterocycles. The summed E-state index contributed by atoms with van der Waals surface area (Å²) in [5.41, 5.74) is 0.644. The van der Waals surface area contributed by atoms with Crippen molar-refractivity contribution in [3.8, 4) is 0 Å². The molecule has 0 fully saturated rings. The van der Waals surface area contributed by atoms with Crippen LogP contribution in [-0.2, 0) is 14.1 Å². The van der Waals surface area contributed by atoms with E-state index in [0.29, 0.717) is 5.69 Å². The van der Waals surface area contributed by atoms with E-state index in [1.807, 2.05) is 44.0 Å². The molecule has 90 valence electrons. The van der Waals surface area contributed by atoms with Crippen LogP contribution in [0.15, 0.2) is 30.7 Å². The SMILES string of the molecule is CC(NC(=O)c1cccn1C)c1nccn1C. The lowest BCUT2D eigenvalue weighted by atomic mass is 10.3. The lowest BCUT2D eigenvalue weighted by Crippen LogP contribution is -2.29. The molecule has 1 N–H and O–H groups in total. The zero-order chi connectivity index (χ0) is 12.4. The van der Waals surface area contributed by atoms with E-state index in [-0.39, 0.29) is 11.9 Å². The van der Waals surface area contributed by atoms with Crippen molar-refractivity contribution in [3.63, 3.8) is 0 Å². The summed E-state index contributed by atoms with van der Waals surface area (Å²) in [5, 5.41) is 2.92. The Morgan fingerprint density at radius 3 is 2.65 bits per heavy atom. The van der Waals surface area contributed by atoms with Crippen molar-refractivity contribution in [3.05, 3.63) is 42.2 Å². The number of nitrogens with one attached hydrogen (secondary N) is 1. The highest BCUT2D eigenvalue weighted by Crippen LogP contribution is 2.10. The largest absolute Gasteiger partial charge is 0.347 e. The quantitative estimate of drug-likeness (QED) is 0.866. The van der Waals surface area contributed by atoms with Crippen LogP contribution in [0.1, 0.15) is 29.3 Å². The number of nitrogens with zero attached hydrogens (tertiary/aromatic N) is 3. The smallest absolute Gasteiger partial charge is 0.268 e. The van der Waals surface area contributed by atoms with Crippen LogP contribution < -0.4 is 5.32 Å². The van der Waals surface area contributed by atoms with Crippen LogP contribution >= 0.6 is 0 Å². The molecule has 0 saturated carbocycles. The number of amides is 1. The predicted molar refractivity (Wildman–Crippen MR) is 64.5 cm³/mol. The lowest BCUT2D eigenvalue weighted by Gasteiger charge is -2.14. The van der Waals surface area contributed by atoms with E-state index in [2.05, 4.69) is 10.3 Å². The number of aryl methyl sites for hydroxylation is 2. The molecule has 0 aliphatic carbocycles. The Balaban J connectivity index is 2.10. The maximum Gasteiger partial charge on any atom is 0.268 e. The van der Waals surface area contributed by atoms with Crippen LogP contribution in [0.25, 0.3) is 0 Å². The number of imidazole rings is 1. The number of aromatic nitrogens is 3. The van der Waals surface area contributed by atoms with Gasteiger partial charge in [0, 0.05) is 32.7 Å². The van der Waals surface area contributed by atoms with Gasteiger partial charge in [-0.15, -0.1) is 0 Å². The van der Waals surface area contributed by atoms with Crippen LogP contribution in [0, 0.1) is 0 Å². The molecule has 0 radical (unpaired) electrons. The molecule has 17 heavy (non-hydrogen) atoms. The molecule has 5 heteroatoms. The van der Waals surface area contributed by atoms with Gasteiger partial charge in [0.25, 0.3) is 5.91 Å². The standard InChI is InChI=1S/C12H16N4O/c1-9(11-13-6-8-16(11)3)14-12(17)10-5-4-7-15(10)2/h4-9H,1-3H3,(H,14,17). The van der Waals surface area contributed by atoms with Gasteiger partial charge in [-0.1, -0.05) is 0 Å². The number of carbonyl (C=O) groups is 1. The highest BCUT2D eigenvalue weighted by Gasteiger charge is 2.15. The van der Waals surface area contributed by atoms with Crippen molar-refractivity contribution >= 4 is 5.91 Å². The zero-order valence-electron chi connectivity index (χ0n) is 10.2. The third-order valence-electron chi connectivity index (χ3n) is 2.77. The second-order valence-corrected chi connectivity index (χ2v) is 4.10. The molecule has 2 aromatic heterocycles. The summed E-state index contributed by atoms with van der Waals surface area (Å²) in [4.78, 5) is 16.2. The van der Waals surface area contributed by atoms with E-state index < -0.39 is 0 Å². The summed E-state index contributed by atoms with van der Waals surface area (Å²) in [5.74, 6) is 0.751. The van der Waals surface area contributed by atoms with Crippen molar-refractivity contribution in [2.24, 2.45) is 14.1 Å². The maximum absolute atomic E-state index is 12.0. The minimum Gasteiger partial charge on any atom is -0.347 e. The molecular weight excluding hydrogens is 216 g/mol. The van der Waals surface area contributed by atoms with Gasteiger partial charge in [0.05, 0.1) is 6.04 Å². The first-order chi connectivity index (χ1) is 8.09. The van der Waals surface area contributed by atoms with Gasteiger partial charge in [-0.25, -0.2) is 4.98 Å². The van der Waals surface area contributed by atoms with Crippen LogP contribution in [0.5, 0.6) is 0 Å². The molecule has 0 saturated heterocycles. The molecule has 2 heterocycles. The first-order valence-corrected chi connectivity index (χ1v) is 5.49. The normalized spacial score (nSPS) is 12.4. The summed E-state index contributed by atoms with van der Waals surface area (Å²) >= 11 is 0. The van der Waals surface area contributed by atoms with Gasteiger partial charge in [0.2, 0.25) is 0 Å². The van der Waals surface area contributed by atoms with Gasteiger partial charge in [0.1, 0.15) is 11.5 Å². The fourth-order valence-electron chi connectivity index (χ4n) is 1.83. The lowest BCUT2D eigenvalue weighted by molar-refractivity contribution is 0.0929. The Kier molecular flexibility index (Phi) is 2.99. The molecule has 0 spiro atoms. The second kappa shape index (κ2) is 4.45. The molecule has 0 aromatic carbocycles. The van der Waals surface area contributed by atoms with Gasteiger partial charge in [-0.3, -0.25) is 4.79 Å². The van der Waals surface area contributed by atoms with Gasteiger partial charge in [-0.05, 0) is 19.1 Å². The van der Waals surface area contributed by atoms with Crippen molar-refractivity contribution in [1.82, 2.24) is 19.4 Å². The fraction of sp³-hybridized carbons (Fsp3) is 0.333.